The van der Waals surface area contributed by atoms with Gasteiger partial charge in [0, 0.05) is 34.8 Å². The molecule has 0 radical (unpaired) electrons. The quantitative estimate of drug-likeness (QED) is 0.578. The first-order chi connectivity index (χ1) is 16.0. The summed E-state index contributed by atoms with van der Waals surface area (Å²) in [6.45, 7) is 0.464. The molecule has 4 nitrogen and oxygen atoms in total. The number of hydrogen-bond donors (Lipinski definition) is 2. The van der Waals surface area contributed by atoms with Crippen LogP contribution in [-0.4, -0.2) is 35.1 Å². The number of nitrogens with zero attached hydrogens (tertiary/aromatic N) is 1. The van der Waals surface area contributed by atoms with E-state index in [9.17, 15) is 18.7 Å². The summed E-state index contributed by atoms with van der Waals surface area (Å²) in [4.78, 5) is 15.1. The van der Waals surface area contributed by atoms with Gasteiger partial charge in [0.1, 0.15) is 11.6 Å². The summed E-state index contributed by atoms with van der Waals surface area (Å²) in [5.74, 6) is 5.05. The molecule has 2 aliphatic rings. The predicted molar refractivity (Wildman–Crippen MR) is 122 cm³/mol. The highest BCUT2D eigenvalue weighted by molar-refractivity contribution is 5.95. The third-order valence-corrected chi connectivity index (χ3v) is 6.38. The van der Waals surface area contributed by atoms with E-state index < -0.39 is 5.82 Å². The minimum absolute atomic E-state index is 0.0198. The fraction of sp³-hybridized carbons (Fsp3) is 0.222. The SMILES string of the molecule is O=C(c1cccc(F)c1)N1CC[C@@H]2[C@@H](CO)Nc3ccc(C#Cc4cccc(F)c4)cc3[C@@H]21. The molecule has 5 rings (SSSR count). The number of anilines is 1. The summed E-state index contributed by atoms with van der Waals surface area (Å²) < 4.78 is 27.2. The van der Waals surface area contributed by atoms with Gasteiger partial charge in [-0.15, -0.1) is 0 Å². The number of fused-ring (bicyclic) bond motifs is 3. The maximum absolute atomic E-state index is 13.8. The summed E-state index contributed by atoms with van der Waals surface area (Å²) >= 11 is 0. The Morgan fingerprint density at radius 2 is 1.73 bits per heavy atom. The maximum Gasteiger partial charge on any atom is 0.254 e. The Balaban J connectivity index is 1.52. The Morgan fingerprint density at radius 1 is 1.00 bits per heavy atom. The standard InChI is InChI=1S/C27H22F2N2O2/c28-20-5-1-3-17(13-20)7-8-18-9-10-24-23(14-18)26-22(25(16-32)30-24)11-12-31(26)27(33)19-4-2-6-21(29)15-19/h1-6,9-10,13-15,22,25-26,30,32H,11-12,16H2/t22-,25-,26-/m1/s1. The summed E-state index contributed by atoms with van der Waals surface area (Å²) in [7, 11) is 0. The first-order valence-corrected chi connectivity index (χ1v) is 10.9. The molecule has 0 saturated carbocycles. The maximum atomic E-state index is 13.8. The largest absolute Gasteiger partial charge is 0.394 e. The number of hydrogen-bond acceptors (Lipinski definition) is 3. The van der Waals surface area contributed by atoms with Crippen LogP contribution in [0.15, 0.2) is 66.7 Å². The van der Waals surface area contributed by atoms with E-state index in [0.717, 1.165) is 23.2 Å². The van der Waals surface area contributed by atoms with Gasteiger partial charge in [-0.2, -0.15) is 0 Å². The minimum Gasteiger partial charge on any atom is -0.394 e. The minimum atomic E-state index is -0.453. The molecule has 166 valence electrons. The molecule has 2 N–H and O–H groups in total. The van der Waals surface area contributed by atoms with Crippen LogP contribution in [0, 0.1) is 29.4 Å². The van der Waals surface area contributed by atoms with Gasteiger partial charge in [0.05, 0.1) is 18.7 Å². The van der Waals surface area contributed by atoms with Gasteiger partial charge in [-0.1, -0.05) is 24.0 Å². The van der Waals surface area contributed by atoms with Gasteiger partial charge in [0.2, 0.25) is 0 Å². The van der Waals surface area contributed by atoms with Crippen molar-refractivity contribution < 1.29 is 18.7 Å². The fourth-order valence-electron chi connectivity index (χ4n) is 4.87. The van der Waals surface area contributed by atoms with Crippen LogP contribution >= 0.6 is 0 Å². The number of likely N-dealkylation sites (tertiary alicyclic amines) is 1. The lowest BCUT2D eigenvalue weighted by molar-refractivity contribution is 0.0700. The van der Waals surface area contributed by atoms with Crippen molar-refractivity contribution in [1.29, 1.82) is 0 Å². The molecule has 33 heavy (non-hydrogen) atoms. The van der Waals surface area contributed by atoms with Crippen molar-refractivity contribution in [2.24, 2.45) is 5.92 Å². The van der Waals surface area contributed by atoms with Gasteiger partial charge in [0.15, 0.2) is 0 Å². The van der Waals surface area contributed by atoms with Crippen LogP contribution in [0.25, 0.3) is 0 Å². The van der Waals surface area contributed by atoms with Gasteiger partial charge < -0.3 is 15.3 Å². The number of rotatable bonds is 2. The molecule has 0 spiro atoms. The first kappa shape index (κ1) is 21.2. The lowest BCUT2D eigenvalue weighted by atomic mass is 9.82. The van der Waals surface area contributed by atoms with Gasteiger partial charge in [-0.25, -0.2) is 8.78 Å². The number of carbonyl (C=O) groups is 1. The first-order valence-electron chi connectivity index (χ1n) is 10.9. The summed E-state index contributed by atoms with van der Waals surface area (Å²) in [5.41, 5.74) is 3.38. The summed E-state index contributed by atoms with van der Waals surface area (Å²) in [6.07, 6.45) is 0.725. The Labute approximate surface area is 190 Å². The van der Waals surface area contributed by atoms with Crippen molar-refractivity contribution in [2.45, 2.75) is 18.5 Å². The second-order valence-electron chi connectivity index (χ2n) is 8.40. The molecule has 1 saturated heterocycles. The molecule has 3 aromatic rings. The van der Waals surface area contributed by atoms with Crippen LogP contribution in [-0.2, 0) is 0 Å². The monoisotopic (exact) mass is 444 g/mol. The van der Waals surface area contributed by atoms with Crippen molar-refractivity contribution in [3.05, 3.63) is 101 Å². The van der Waals surface area contributed by atoms with Gasteiger partial charge >= 0.3 is 0 Å². The van der Waals surface area contributed by atoms with Gasteiger partial charge in [-0.05, 0) is 66.6 Å². The number of benzene rings is 3. The molecule has 1 fully saturated rings. The average molecular weight is 444 g/mol. The zero-order valence-electron chi connectivity index (χ0n) is 17.8. The second-order valence-corrected chi connectivity index (χ2v) is 8.40. The number of aliphatic hydroxyl groups excluding tert-OH is 1. The van der Waals surface area contributed by atoms with Crippen LogP contribution in [0.2, 0.25) is 0 Å². The fourth-order valence-corrected chi connectivity index (χ4v) is 4.87. The van der Waals surface area contributed by atoms with Crippen molar-refractivity contribution >= 4 is 11.6 Å². The van der Waals surface area contributed by atoms with Crippen molar-refractivity contribution in [3.8, 4) is 11.8 Å². The number of nitrogens with one attached hydrogen (secondary N) is 1. The van der Waals surface area contributed by atoms with Crippen LogP contribution in [0.5, 0.6) is 0 Å². The van der Waals surface area contributed by atoms with E-state index in [2.05, 4.69) is 17.2 Å². The molecule has 0 bridgehead atoms. The number of halogens is 2. The molecule has 0 aromatic heterocycles. The van der Waals surface area contributed by atoms with Gasteiger partial charge in [0.25, 0.3) is 5.91 Å². The Morgan fingerprint density at radius 3 is 2.45 bits per heavy atom. The predicted octanol–water partition coefficient (Wildman–Crippen LogP) is 4.35. The van der Waals surface area contributed by atoms with E-state index in [1.807, 2.05) is 18.2 Å². The average Bonchev–Trinajstić information content (AvgIpc) is 3.27. The van der Waals surface area contributed by atoms with Crippen molar-refractivity contribution in [2.75, 3.05) is 18.5 Å². The third-order valence-electron chi connectivity index (χ3n) is 6.38. The molecule has 3 atom stereocenters. The Bertz CT molecular complexity index is 1280. The molecular weight excluding hydrogens is 422 g/mol. The molecule has 2 aliphatic heterocycles. The Kier molecular flexibility index (Phi) is 5.57. The molecule has 1 amide bonds. The van der Waals surface area contributed by atoms with Crippen molar-refractivity contribution in [3.63, 3.8) is 0 Å². The van der Waals surface area contributed by atoms with E-state index in [-0.39, 0.29) is 36.3 Å². The van der Waals surface area contributed by atoms with Crippen LogP contribution in [0.4, 0.5) is 14.5 Å². The van der Waals surface area contributed by atoms with Crippen LogP contribution in [0.1, 0.15) is 39.5 Å². The highest BCUT2D eigenvalue weighted by Gasteiger charge is 2.45. The number of aliphatic hydroxyl groups is 1. The van der Waals surface area contributed by atoms with Gasteiger partial charge in [-0.3, -0.25) is 4.79 Å². The topological polar surface area (TPSA) is 52.6 Å². The summed E-state index contributed by atoms with van der Waals surface area (Å²) in [5, 5.41) is 13.3. The second kappa shape index (κ2) is 8.68. The van der Waals surface area contributed by atoms with E-state index in [4.69, 9.17) is 0 Å². The highest BCUT2D eigenvalue weighted by Crippen LogP contribution is 2.47. The lowest BCUT2D eigenvalue weighted by Crippen LogP contribution is -2.42. The zero-order valence-corrected chi connectivity index (χ0v) is 17.8. The molecule has 0 aliphatic carbocycles. The molecule has 3 aromatic carbocycles. The highest BCUT2D eigenvalue weighted by atomic mass is 19.1. The summed E-state index contributed by atoms with van der Waals surface area (Å²) in [6, 6.07) is 17.1. The number of amides is 1. The molecule has 6 heteroatoms. The van der Waals surface area contributed by atoms with E-state index in [0.29, 0.717) is 17.7 Å². The lowest BCUT2D eigenvalue weighted by Gasteiger charge is -2.39. The van der Waals surface area contributed by atoms with E-state index in [1.54, 1.807) is 23.1 Å². The van der Waals surface area contributed by atoms with E-state index >= 15 is 0 Å². The normalized spacial score (nSPS) is 20.8. The molecule has 0 unspecified atom stereocenters. The molecular formula is C27H22F2N2O2. The smallest absolute Gasteiger partial charge is 0.254 e. The van der Waals surface area contributed by atoms with Crippen LogP contribution in [0.3, 0.4) is 0 Å². The van der Waals surface area contributed by atoms with Crippen molar-refractivity contribution in [1.82, 2.24) is 4.90 Å². The number of carbonyl (C=O) groups excluding carboxylic acids is 1. The Hall–Kier alpha value is -3.69. The third kappa shape index (κ3) is 4.08. The van der Waals surface area contributed by atoms with Crippen LogP contribution < -0.4 is 5.32 Å². The zero-order chi connectivity index (χ0) is 22.9. The van der Waals surface area contributed by atoms with E-state index in [1.165, 1.54) is 30.3 Å². The molecule has 2 heterocycles.